The lowest BCUT2D eigenvalue weighted by atomic mass is 9.87. The van der Waals surface area contributed by atoms with Crippen LogP contribution in [0.5, 0.6) is 5.75 Å². The Bertz CT molecular complexity index is 863. The first-order chi connectivity index (χ1) is 11.1. The van der Waals surface area contributed by atoms with Crippen LogP contribution in [-0.2, 0) is 15.4 Å². The summed E-state index contributed by atoms with van der Waals surface area (Å²) in [6.45, 7) is 6.04. The Hall–Kier alpha value is -2.06. The normalized spacial score (nSPS) is 12.0. The van der Waals surface area contributed by atoms with Gasteiger partial charge in [0, 0.05) is 0 Å². The number of aromatic carboxylic acids is 1. The first-order valence-corrected chi connectivity index (χ1v) is 9.44. The van der Waals surface area contributed by atoms with Crippen LogP contribution in [0.25, 0.3) is 0 Å². The molecule has 0 saturated carbocycles. The summed E-state index contributed by atoms with van der Waals surface area (Å²) in [5, 5.41) is 10.6. The second kappa shape index (κ2) is 6.45. The van der Waals surface area contributed by atoms with Gasteiger partial charge in [0.2, 0.25) is 0 Å². The quantitative estimate of drug-likeness (QED) is 0.841. The zero-order valence-electron chi connectivity index (χ0n) is 13.8. The second-order valence-electron chi connectivity index (χ2n) is 6.19. The fourth-order valence-electron chi connectivity index (χ4n) is 2.11. The van der Waals surface area contributed by atoms with E-state index in [1.54, 1.807) is 12.1 Å². The maximum atomic E-state index is 12.6. The Morgan fingerprint density at radius 3 is 2.46 bits per heavy atom. The van der Waals surface area contributed by atoms with E-state index in [4.69, 9.17) is 9.84 Å². The minimum atomic E-state index is -3.98. The van der Waals surface area contributed by atoms with E-state index in [2.05, 4.69) is 4.72 Å². The molecule has 8 heteroatoms. The summed E-state index contributed by atoms with van der Waals surface area (Å²) in [4.78, 5) is 11.0. The van der Waals surface area contributed by atoms with E-state index < -0.39 is 16.0 Å². The van der Waals surface area contributed by atoms with E-state index >= 15 is 0 Å². The number of sulfonamides is 1. The largest absolute Gasteiger partial charge is 0.495 e. The molecule has 1 aromatic carbocycles. The SMILES string of the molecule is COc1cc(C(C)(C)C)ccc1S(=O)(=O)Nc1ccsc1C(=O)O. The van der Waals surface area contributed by atoms with E-state index in [0.29, 0.717) is 0 Å². The van der Waals surface area contributed by atoms with Gasteiger partial charge in [-0.3, -0.25) is 4.72 Å². The molecule has 24 heavy (non-hydrogen) atoms. The van der Waals surface area contributed by atoms with Crippen LogP contribution in [0.1, 0.15) is 36.0 Å². The summed E-state index contributed by atoms with van der Waals surface area (Å²) < 4.78 is 32.8. The number of thiophene rings is 1. The monoisotopic (exact) mass is 369 g/mol. The fourth-order valence-corrected chi connectivity index (χ4v) is 4.09. The number of carboxylic acids is 1. The average Bonchev–Trinajstić information content (AvgIpc) is 2.93. The number of ether oxygens (including phenoxy) is 1. The molecule has 0 saturated heterocycles. The van der Waals surface area contributed by atoms with Crippen molar-refractivity contribution < 1.29 is 23.1 Å². The van der Waals surface area contributed by atoms with Crippen molar-refractivity contribution in [3.63, 3.8) is 0 Å². The number of nitrogens with one attached hydrogen (secondary N) is 1. The van der Waals surface area contributed by atoms with Crippen LogP contribution in [0.4, 0.5) is 5.69 Å². The molecule has 1 aromatic heterocycles. The van der Waals surface area contributed by atoms with Crippen LogP contribution in [-0.4, -0.2) is 26.6 Å². The minimum absolute atomic E-state index is 0.0365. The van der Waals surface area contributed by atoms with Gasteiger partial charge in [0.25, 0.3) is 10.0 Å². The Morgan fingerprint density at radius 2 is 1.92 bits per heavy atom. The average molecular weight is 369 g/mol. The number of rotatable bonds is 5. The smallest absolute Gasteiger partial charge is 0.348 e. The summed E-state index contributed by atoms with van der Waals surface area (Å²) in [5.41, 5.74) is 0.807. The van der Waals surface area contributed by atoms with E-state index in [0.717, 1.165) is 16.9 Å². The van der Waals surface area contributed by atoms with Crippen LogP contribution in [0, 0.1) is 0 Å². The van der Waals surface area contributed by atoms with Gasteiger partial charge in [0.05, 0.1) is 12.8 Å². The van der Waals surface area contributed by atoms with Gasteiger partial charge in [-0.1, -0.05) is 26.8 Å². The lowest BCUT2D eigenvalue weighted by Gasteiger charge is -2.21. The number of benzene rings is 1. The van der Waals surface area contributed by atoms with Gasteiger partial charge in [-0.25, -0.2) is 13.2 Å². The van der Waals surface area contributed by atoms with Gasteiger partial charge in [-0.2, -0.15) is 0 Å². The number of hydrogen-bond acceptors (Lipinski definition) is 5. The lowest BCUT2D eigenvalue weighted by Crippen LogP contribution is -2.17. The standard InChI is InChI=1S/C16H19NO5S2/c1-16(2,3)10-5-6-13(12(9-10)22-4)24(20,21)17-11-7-8-23-14(11)15(18)19/h5-9,17H,1-4H3,(H,18,19). The first kappa shape index (κ1) is 18.3. The third-order valence-corrected chi connectivity index (χ3v) is 5.73. The van der Waals surface area contributed by atoms with Crippen molar-refractivity contribution in [1.82, 2.24) is 0 Å². The molecule has 2 aromatic rings. The zero-order valence-corrected chi connectivity index (χ0v) is 15.4. The molecule has 0 aliphatic heterocycles. The van der Waals surface area contributed by atoms with E-state index in [1.807, 2.05) is 20.8 Å². The molecule has 130 valence electrons. The van der Waals surface area contributed by atoms with E-state index in [-0.39, 0.29) is 26.6 Å². The Balaban J connectivity index is 2.46. The van der Waals surface area contributed by atoms with Crippen molar-refractivity contribution in [1.29, 1.82) is 0 Å². The molecule has 0 unspecified atom stereocenters. The van der Waals surface area contributed by atoms with Gasteiger partial charge in [0.1, 0.15) is 15.5 Å². The molecule has 1 heterocycles. The highest BCUT2D eigenvalue weighted by atomic mass is 32.2. The summed E-state index contributed by atoms with van der Waals surface area (Å²) in [7, 11) is -2.58. The highest BCUT2D eigenvalue weighted by Crippen LogP contribution is 2.33. The van der Waals surface area contributed by atoms with Crippen LogP contribution >= 0.6 is 11.3 Å². The summed E-state index contributed by atoms with van der Waals surface area (Å²) in [6, 6.07) is 6.29. The van der Waals surface area contributed by atoms with Crippen molar-refractivity contribution in [2.24, 2.45) is 0 Å². The van der Waals surface area contributed by atoms with Gasteiger partial charge in [-0.15, -0.1) is 11.3 Å². The summed E-state index contributed by atoms with van der Waals surface area (Å²) >= 11 is 0.952. The van der Waals surface area contributed by atoms with Gasteiger partial charge < -0.3 is 9.84 Å². The molecule has 0 spiro atoms. The molecular weight excluding hydrogens is 350 g/mol. The maximum Gasteiger partial charge on any atom is 0.348 e. The second-order valence-corrected chi connectivity index (χ2v) is 8.76. The zero-order chi connectivity index (χ0) is 18.1. The Morgan fingerprint density at radius 1 is 1.25 bits per heavy atom. The van der Waals surface area contributed by atoms with Crippen molar-refractivity contribution in [2.45, 2.75) is 31.1 Å². The molecule has 0 atom stereocenters. The highest BCUT2D eigenvalue weighted by Gasteiger charge is 2.25. The van der Waals surface area contributed by atoms with Gasteiger partial charge >= 0.3 is 5.97 Å². The van der Waals surface area contributed by atoms with E-state index in [9.17, 15) is 13.2 Å². The van der Waals surface area contributed by atoms with Crippen LogP contribution in [0.3, 0.4) is 0 Å². The Kier molecular flexibility index (Phi) is 4.91. The van der Waals surface area contributed by atoms with Crippen molar-refractivity contribution in [3.05, 3.63) is 40.1 Å². The van der Waals surface area contributed by atoms with Gasteiger partial charge in [0.15, 0.2) is 0 Å². The first-order valence-electron chi connectivity index (χ1n) is 7.08. The molecule has 2 N–H and O–H groups in total. The van der Waals surface area contributed by atoms with Crippen LogP contribution in [0.2, 0.25) is 0 Å². The molecule has 0 aliphatic rings. The van der Waals surface area contributed by atoms with Crippen molar-refractivity contribution in [2.75, 3.05) is 11.8 Å². The molecule has 0 amide bonds. The summed E-state index contributed by atoms with van der Waals surface area (Å²) in [5.74, 6) is -0.972. The fraction of sp³-hybridized carbons (Fsp3) is 0.312. The minimum Gasteiger partial charge on any atom is -0.495 e. The van der Waals surface area contributed by atoms with E-state index in [1.165, 1.54) is 24.6 Å². The number of carboxylic acid groups (broad SMARTS) is 1. The molecule has 0 aliphatic carbocycles. The third-order valence-electron chi connectivity index (χ3n) is 3.42. The molecule has 6 nitrogen and oxygen atoms in total. The van der Waals surface area contributed by atoms with Crippen molar-refractivity contribution >= 4 is 33.0 Å². The lowest BCUT2D eigenvalue weighted by molar-refractivity contribution is 0.0703. The number of carbonyl (C=O) groups is 1. The molecule has 0 fully saturated rings. The molecule has 0 radical (unpaired) electrons. The van der Waals surface area contributed by atoms with Crippen LogP contribution < -0.4 is 9.46 Å². The predicted octanol–water partition coefficient (Wildman–Crippen LogP) is 3.55. The number of anilines is 1. The van der Waals surface area contributed by atoms with Crippen LogP contribution in [0.15, 0.2) is 34.5 Å². The molecular formula is C16H19NO5S2. The molecule has 2 rings (SSSR count). The topological polar surface area (TPSA) is 92.7 Å². The Labute approximate surface area is 145 Å². The predicted molar refractivity (Wildman–Crippen MR) is 93.8 cm³/mol. The molecule has 0 bridgehead atoms. The van der Waals surface area contributed by atoms with Gasteiger partial charge in [-0.05, 0) is 34.6 Å². The highest BCUT2D eigenvalue weighted by molar-refractivity contribution is 7.92. The third kappa shape index (κ3) is 3.70. The number of hydrogen-bond donors (Lipinski definition) is 2. The summed E-state index contributed by atoms with van der Waals surface area (Å²) in [6.07, 6.45) is 0. The maximum absolute atomic E-state index is 12.6. The van der Waals surface area contributed by atoms with Crippen molar-refractivity contribution in [3.8, 4) is 5.75 Å². The number of methoxy groups -OCH3 is 1.